The molecule has 0 saturated heterocycles. The lowest BCUT2D eigenvalue weighted by Gasteiger charge is -2.30. The normalized spacial score (nSPS) is 32.8. The summed E-state index contributed by atoms with van der Waals surface area (Å²) in [5.74, 6) is 0. The maximum absolute atomic E-state index is 9.43. The van der Waals surface area contributed by atoms with Gasteiger partial charge in [0.25, 0.3) is 0 Å². The Hall–Kier alpha value is -0.120. The van der Waals surface area contributed by atoms with Crippen LogP contribution in [0.15, 0.2) is 0 Å². The van der Waals surface area contributed by atoms with Crippen LogP contribution >= 0.6 is 0 Å². The quantitative estimate of drug-likeness (QED) is 0.704. The average molecular weight is 201 g/mol. The Kier molecular flexibility index (Phi) is 4.35. The van der Waals surface area contributed by atoms with Crippen LogP contribution in [0.5, 0.6) is 0 Å². The van der Waals surface area contributed by atoms with E-state index in [-0.39, 0.29) is 12.1 Å². The van der Waals surface area contributed by atoms with Crippen LogP contribution in [0.4, 0.5) is 0 Å². The lowest BCUT2D eigenvalue weighted by molar-refractivity contribution is 0.0542. The molecule has 2 atom stereocenters. The fourth-order valence-corrected chi connectivity index (χ4v) is 2.39. The van der Waals surface area contributed by atoms with Crippen LogP contribution < -0.4 is 5.32 Å². The van der Waals surface area contributed by atoms with Crippen LogP contribution in [0.2, 0.25) is 0 Å². The molecule has 2 unspecified atom stereocenters. The van der Waals surface area contributed by atoms with E-state index in [1.165, 1.54) is 0 Å². The molecule has 1 aliphatic rings. The lowest BCUT2D eigenvalue weighted by atomic mass is 9.97. The second-order valence-electron chi connectivity index (χ2n) is 4.56. The van der Waals surface area contributed by atoms with Crippen molar-refractivity contribution in [3.05, 3.63) is 0 Å². The highest BCUT2D eigenvalue weighted by atomic mass is 16.5. The van der Waals surface area contributed by atoms with Crippen LogP contribution in [0.1, 0.15) is 40.0 Å². The first-order valence-corrected chi connectivity index (χ1v) is 5.62. The highest BCUT2D eigenvalue weighted by Gasteiger charge is 2.39. The first-order valence-electron chi connectivity index (χ1n) is 5.62. The van der Waals surface area contributed by atoms with Gasteiger partial charge in [-0.3, -0.25) is 0 Å². The zero-order chi connectivity index (χ0) is 10.6. The Bertz CT molecular complexity index is 173. The molecule has 2 N–H and O–H groups in total. The zero-order valence-electron chi connectivity index (χ0n) is 9.55. The monoisotopic (exact) mass is 201 g/mol. The van der Waals surface area contributed by atoms with E-state index < -0.39 is 0 Å². The van der Waals surface area contributed by atoms with Gasteiger partial charge in [0.15, 0.2) is 0 Å². The second-order valence-corrected chi connectivity index (χ2v) is 4.56. The minimum Gasteiger partial charge on any atom is -0.394 e. The van der Waals surface area contributed by atoms with E-state index >= 15 is 0 Å². The molecule has 1 saturated carbocycles. The van der Waals surface area contributed by atoms with Crippen molar-refractivity contribution in [2.24, 2.45) is 0 Å². The van der Waals surface area contributed by atoms with E-state index in [0.29, 0.717) is 12.1 Å². The zero-order valence-corrected chi connectivity index (χ0v) is 9.55. The molecule has 1 rings (SSSR count). The third-order valence-electron chi connectivity index (χ3n) is 2.86. The fourth-order valence-electron chi connectivity index (χ4n) is 2.39. The molecule has 0 bridgehead atoms. The maximum atomic E-state index is 9.43. The molecule has 0 heterocycles. The predicted molar refractivity (Wildman–Crippen MR) is 57.4 cm³/mol. The summed E-state index contributed by atoms with van der Waals surface area (Å²) < 4.78 is 5.59. The topological polar surface area (TPSA) is 41.5 Å². The van der Waals surface area contributed by atoms with E-state index in [0.717, 1.165) is 25.9 Å². The number of nitrogens with one attached hydrogen (secondary N) is 1. The van der Waals surface area contributed by atoms with Crippen molar-refractivity contribution in [1.29, 1.82) is 0 Å². The fraction of sp³-hybridized carbons (Fsp3) is 1.00. The Balaban J connectivity index is 2.48. The van der Waals surface area contributed by atoms with Crippen LogP contribution in [0.3, 0.4) is 0 Å². The molecule has 0 amide bonds. The summed E-state index contributed by atoms with van der Waals surface area (Å²) in [5.41, 5.74) is -0.0893. The Labute approximate surface area is 86.8 Å². The van der Waals surface area contributed by atoms with E-state index in [4.69, 9.17) is 4.74 Å². The van der Waals surface area contributed by atoms with Gasteiger partial charge in [-0.15, -0.1) is 0 Å². The molecule has 14 heavy (non-hydrogen) atoms. The van der Waals surface area contributed by atoms with Gasteiger partial charge >= 0.3 is 0 Å². The third kappa shape index (κ3) is 2.94. The van der Waals surface area contributed by atoms with Crippen molar-refractivity contribution in [2.45, 2.75) is 57.7 Å². The number of hydrogen-bond acceptors (Lipinski definition) is 3. The standard InChI is InChI=1S/C11H23NO2/c1-4-14-10-5-6-11(7-10,8-13)12-9(2)3/h9-10,12-13H,4-8H2,1-3H3. The van der Waals surface area contributed by atoms with E-state index in [2.05, 4.69) is 19.2 Å². The minimum absolute atomic E-state index is 0.0893. The molecule has 0 aliphatic heterocycles. The van der Waals surface area contributed by atoms with Gasteiger partial charge < -0.3 is 15.2 Å². The Morgan fingerprint density at radius 1 is 1.57 bits per heavy atom. The van der Waals surface area contributed by atoms with Crippen molar-refractivity contribution in [3.63, 3.8) is 0 Å². The van der Waals surface area contributed by atoms with E-state index in [1.54, 1.807) is 0 Å². The van der Waals surface area contributed by atoms with Gasteiger partial charge in [-0.05, 0) is 26.2 Å². The number of aliphatic hydroxyl groups is 1. The molecular formula is C11H23NO2. The van der Waals surface area contributed by atoms with Crippen molar-refractivity contribution in [1.82, 2.24) is 5.32 Å². The van der Waals surface area contributed by atoms with Crippen LogP contribution in [-0.2, 0) is 4.74 Å². The van der Waals surface area contributed by atoms with Crippen molar-refractivity contribution in [2.75, 3.05) is 13.2 Å². The van der Waals surface area contributed by atoms with Crippen LogP contribution in [-0.4, -0.2) is 36.0 Å². The number of hydrogen-bond donors (Lipinski definition) is 2. The largest absolute Gasteiger partial charge is 0.394 e. The van der Waals surface area contributed by atoms with Gasteiger partial charge in [0.05, 0.1) is 12.7 Å². The molecule has 0 spiro atoms. The summed E-state index contributed by atoms with van der Waals surface area (Å²) in [6.07, 6.45) is 3.36. The van der Waals surface area contributed by atoms with Gasteiger partial charge in [0.2, 0.25) is 0 Å². The first kappa shape index (κ1) is 12.0. The molecule has 1 fully saturated rings. The molecule has 1 aliphatic carbocycles. The minimum atomic E-state index is -0.0893. The van der Waals surface area contributed by atoms with E-state index in [9.17, 15) is 5.11 Å². The molecule has 3 heteroatoms. The number of aliphatic hydroxyl groups excluding tert-OH is 1. The molecule has 0 aromatic carbocycles. The molecule has 0 aromatic rings. The molecule has 3 nitrogen and oxygen atoms in total. The molecule has 0 radical (unpaired) electrons. The first-order chi connectivity index (χ1) is 6.62. The lowest BCUT2D eigenvalue weighted by Crippen LogP contribution is -2.50. The van der Waals surface area contributed by atoms with Crippen molar-refractivity contribution < 1.29 is 9.84 Å². The third-order valence-corrected chi connectivity index (χ3v) is 2.86. The van der Waals surface area contributed by atoms with Gasteiger partial charge in [-0.1, -0.05) is 13.8 Å². The van der Waals surface area contributed by atoms with Crippen LogP contribution in [0.25, 0.3) is 0 Å². The Morgan fingerprint density at radius 2 is 2.29 bits per heavy atom. The highest BCUT2D eigenvalue weighted by Crippen LogP contribution is 2.31. The maximum Gasteiger partial charge on any atom is 0.0614 e. The number of rotatable bonds is 5. The smallest absolute Gasteiger partial charge is 0.0614 e. The summed E-state index contributed by atoms with van der Waals surface area (Å²) in [5, 5.41) is 12.9. The van der Waals surface area contributed by atoms with Crippen molar-refractivity contribution in [3.8, 4) is 0 Å². The van der Waals surface area contributed by atoms with Crippen molar-refractivity contribution >= 4 is 0 Å². The van der Waals surface area contributed by atoms with E-state index in [1.807, 2.05) is 6.92 Å². The SMILES string of the molecule is CCOC1CCC(CO)(NC(C)C)C1. The summed E-state index contributed by atoms with van der Waals surface area (Å²) in [4.78, 5) is 0. The Morgan fingerprint density at radius 3 is 2.79 bits per heavy atom. The molecular weight excluding hydrogens is 178 g/mol. The summed E-state index contributed by atoms with van der Waals surface area (Å²) in [6, 6.07) is 0.419. The van der Waals surface area contributed by atoms with Gasteiger partial charge in [0.1, 0.15) is 0 Å². The average Bonchev–Trinajstić information content (AvgIpc) is 2.49. The predicted octanol–water partition coefficient (Wildman–Crippen LogP) is 1.30. The summed E-state index contributed by atoms with van der Waals surface area (Å²) in [6.45, 7) is 7.24. The van der Waals surface area contributed by atoms with Gasteiger partial charge in [0, 0.05) is 18.2 Å². The van der Waals surface area contributed by atoms with Crippen LogP contribution in [0, 0.1) is 0 Å². The summed E-state index contributed by atoms with van der Waals surface area (Å²) >= 11 is 0. The summed E-state index contributed by atoms with van der Waals surface area (Å²) in [7, 11) is 0. The second kappa shape index (κ2) is 5.10. The number of ether oxygens (including phenoxy) is 1. The van der Waals surface area contributed by atoms with Gasteiger partial charge in [-0.25, -0.2) is 0 Å². The highest BCUT2D eigenvalue weighted by molar-refractivity contribution is 4.97. The van der Waals surface area contributed by atoms with Gasteiger partial charge in [-0.2, -0.15) is 0 Å². The molecule has 0 aromatic heterocycles. The molecule has 84 valence electrons.